The van der Waals surface area contributed by atoms with Gasteiger partial charge in [0, 0.05) is 0 Å². The molecule has 0 bridgehead atoms. The fourth-order valence-electron chi connectivity index (χ4n) is 2.75. The van der Waals surface area contributed by atoms with Crippen LogP contribution in [-0.4, -0.2) is 6.71 Å². The van der Waals surface area contributed by atoms with E-state index in [-0.39, 0.29) is 0 Å². The number of allylic oxidation sites excluding steroid dienone is 4. The van der Waals surface area contributed by atoms with Gasteiger partial charge in [0.1, 0.15) is 6.71 Å². The van der Waals surface area contributed by atoms with Gasteiger partial charge in [-0.3, -0.25) is 0 Å². The largest absolute Gasteiger partial charge is 0.146 e. The molecule has 1 fully saturated rings. The molecule has 2 rings (SSSR count). The van der Waals surface area contributed by atoms with Crippen molar-refractivity contribution < 1.29 is 0 Å². The fourth-order valence-corrected chi connectivity index (χ4v) is 2.75. The maximum absolute atomic E-state index is 2.58. The molecule has 1 heteroatoms. The van der Waals surface area contributed by atoms with Gasteiger partial charge in [0.2, 0.25) is 0 Å². The van der Waals surface area contributed by atoms with E-state index in [9.17, 15) is 0 Å². The van der Waals surface area contributed by atoms with Gasteiger partial charge in [-0.25, -0.2) is 0 Å². The second kappa shape index (κ2) is 3.27. The molecule has 1 aliphatic heterocycles. The van der Waals surface area contributed by atoms with Crippen molar-refractivity contribution in [1.82, 2.24) is 0 Å². The summed E-state index contributed by atoms with van der Waals surface area (Å²) in [7, 11) is 0. The third-order valence-electron chi connectivity index (χ3n) is 4.53. The van der Waals surface area contributed by atoms with Crippen LogP contribution < -0.4 is 0 Å². The van der Waals surface area contributed by atoms with E-state index < -0.39 is 0 Å². The number of hydrogen-bond acceptors (Lipinski definition) is 0. The monoisotopic (exact) mass is 202 g/mol. The second-order valence-corrected chi connectivity index (χ2v) is 6.78. The Morgan fingerprint density at radius 1 is 1.20 bits per heavy atom. The first-order valence-electron chi connectivity index (χ1n) is 6.23. The molecule has 0 aromatic rings. The molecule has 1 unspecified atom stereocenters. The summed E-state index contributed by atoms with van der Waals surface area (Å²) in [5.74, 6) is 0. The van der Waals surface area contributed by atoms with E-state index >= 15 is 0 Å². The Balaban J connectivity index is 2.31. The third kappa shape index (κ3) is 1.81. The standard InChI is InChI=1S/C14H23B/c1-13(2,3)14(4)7-6-11-9-15(5)10-12(11)8-14/h6,8H,7,9-10H2,1-5H3. The maximum atomic E-state index is 2.58. The summed E-state index contributed by atoms with van der Waals surface area (Å²) in [6.45, 7) is 12.7. The van der Waals surface area contributed by atoms with Gasteiger partial charge in [-0.2, -0.15) is 0 Å². The van der Waals surface area contributed by atoms with E-state index in [1.807, 2.05) is 0 Å². The third-order valence-corrected chi connectivity index (χ3v) is 4.53. The lowest BCUT2D eigenvalue weighted by molar-refractivity contribution is 0.168. The summed E-state index contributed by atoms with van der Waals surface area (Å²) >= 11 is 0. The molecule has 0 N–H and O–H groups in total. The molecule has 0 spiro atoms. The first kappa shape index (κ1) is 11.0. The van der Waals surface area contributed by atoms with Gasteiger partial charge in [-0.05, 0) is 29.9 Å². The van der Waals surface area contributed by atoms with Gasteiger partial charge in [-0.15, -0.1) is 0 Å². The van der Waals surface area contributed by atoms with Crippen LogP contribution in [0.3, 0.4) is 0 Å². The SMILES string of the molecule is CB1CC2=CCC(C)(C(C)(C)C)C=C2C1. The molecule has 1 heterocycles. The van der Waals surface area contributed by atoms with Crippen LogP contribution in [0.5, 0.6) is 0 Å². The van der Waals surface area contributed by atoms with E-state index in [1.165, 1.54) is 19.1 Å². The minimum Gasteiger partial charge on any atom is -0.0855 e. The fraction of sp³-hybridized carbons (Fsp3) is 0.714. The van der Waals surface area contributed by atoms with Crippen LogP contribution in [0.15, 0.2) is 23.3 Å². The van der Waals surface area contributed by atoms with Crippen molar-refractivity contribution in [3.8, 4) is 0 Å². The van der Waals surface area contributed by atoms with Crippen LogP contribution in [0.25, 0.3) is 0 Å². The minimum atomic E-state index is 0.357. The molecule has 1 aliphatic carbocycles. The number of fused-ring (bicyclic) bond motifs is 1. The normalized spacial score (nSPS) is 31.1. The lowest BCUT2D eigenvalue weighted by Crippen LogP contribution is -2.32. The molecular weight excluding hydrogens is 179 g/mol. The van der Waals surface area contributed by atoms with Crippen LogP contribution in [0.1, 0.15) is 34.1 Å². The van der Waals surface area contributed by atoms with E-state index in [0.717, 1.165) is 6.71 Å². The molecule has 15 heavy (non-hydrogen) atoms. The Kier molecular flexibility index (Phi) is 2.40. The van der Waals surface area contributed by atoms with Gasteiger partial charge in [0.25, 0.3) is 0 Å². The molecule has 0 aromatic heterocycles. The molecule has 0 saturated carbocycles. The van der Waals surface area contributed by atoms with E-state index in [1.54, 1.807) is 11.1 Å². The van der Waals surface area contributed by atoms with E-state index in [0.29, 0.717) is 10.8 Å². The zero-order valence-corrected chi connectivity index (χ0v) is 10.9. The quantitative estimate of drug-likeness (QED) is 0.509. The summed E-state index contributed by atoms with van der Waals surface area (Å²) in [5, 5.41) is 0. The molecular formula is C14H23B. The highest BCUT2D eigenvalue weighted by atomic mass is 14.4. The van der Waals surface area contributed by atoms with Crippen LogP contribution in [0.4, 0.5) is 0 Å². The number of rotatable bonds is 0. The highest BCUT2D eigenvalue weighted by Gasteiger charge is 2.39. The van der Waals surface area contributed by atoms with Crippen LogP contribution >= 0.6 is 0 Å². The van der Waals surface area contributed by atoms with Gasteiger partial charge in [0.05, 0.1) is 0 Å². The Morgan fingerprint density at radius 2 is 1.80 bits per heavy atom. The van der Waals surface area contributed by atoms with Crippen molar-refractivity contribution >= 4 is 6.71 Å². The summed E-state index contributed by atoms with van der Waals surface area (Å²) in [5.41, 5.74) is 4.01. The van der Waals surface area contributed by atoms with Gasteiger partial charge in [0.15, 0.2) is 0 Å². The molecule has 0 amide bonds. The summed E-state index contributed by atoms with van der Waals surface area (Å²) < 4.78 is 0. The maximum Gasteiger partial charge on any atom is 0.146 e. The Bertz CT molecular complexity index is 330. The van der Waals surface area contributed by atoms with Crippen LogP contribution in [-0.2, 0) is 0 Å². The van der Waals surface area contributed by atoms with E-state index in [2.05, 4.69) is 46.7 Å². The van der Waals surface area contributed by atoms with Crippen molar-refractivity contribution in [1.29, 1.82) is 0 Å². The summed E-state index contributed by atoms with van der Waals surface area (Å²) in [6, 6.07) is 0. The zero-order valence-electron chi connectivity index (χ0n) is 10.9. The zero-order chi connectivity index (χ0) is 11.3. The Hall–Kier alpha value is -0.455. The average Bonchev–Trinajstić information content (AvgIpc) is 2.42. The lowest BCUT2D eigenvalue weighted by Gasteiger charge is -2.41. The molecule has 82 valence electrons. The molecule has 1 atom stereocenters. The predicted octanol–water partition coefficient (Wildman–Crippen LogP) is 4.43. The van der Waals surface area contributed by atoms with Crippen molar-refractivity contribution in [2.75, 3.05) is 0 Å². The smallest absolute Gasteiger partial charge is 0.0855 e. The lowest BCUT2D eigenvalue weighted by atomic mass is 9.50. The van der Waals surface area contributed by atoms with Crippen molar-refractivity contribution in [2.45, 2.75) is 53.6 Å². The van der Waals surface area contributed by atoms with Gasteiger partial charge >= 0.3 is 0 Å². The van der Waals surface area contributed by atoms with Crippen molar-refractivity contribution in [2.24, 2.45) is 10.8 Å². The van der Waals surface area contributed by atoms with Gasteiger partial charge < -0.3 is 0 Å². The molecule has 2 aliphatic rings. The first-order valence-corrected chi connectivity index (χ1v) is 6.23. The topological polar surface area (TPSA) is 0 Å². The first-order chi connectivity index (χ1) is 6.82. The van der Waals surface area contributed by atoms with Crippen molar-refractivity contribution in [3.05, 3.63) is 23.3 Å². The Labute approximate surface area is 94.9 Å². The highest BCUT2D eigenvalue weighted by molar-refractivity contribution is 6.60. The van der Waals surface area contributed by atoms with Crippen LogP contribution in [0, 0.1) is 10.8 Å². The number of hydrogen-bond donors (Lipinski definition) is 0. The molecule has 0 radical (unpaired) electrons. The summed E-state index contributed by atoms with van der Waals surface area (Å²) in [4.78, 5) is 0. The molecule has 0 aromatic carbocycles. The van der Waals surface area contributed by atoms with Crippen molar-refractivity contribution in [3.63, 3.8) is 0 Å². The molecule has 0 nitrogen and oxygen atoms in total. The molecule has 1 saturated heterocycles. The minimum absolute atomic E-state index is 0.357. The second-order valence-electron chi connectivity index (χ2n) is 6.78. The predicted molar refractivity (Wildman–Crippen MR) is 69.6 cm³/mol. The van der Waals surface area contributed by atoms with E-state index in [4.69, 9.17) is 0 Å². The van der Waals surface area contributed by atoms with Gasteiger partial charge in [-0.1, -0.05) is 57.8 Å². The Morgan fingerprint density at radius 3 is 2.40 bits per heavy atom. The average molecular weight is 202 g/mol. The highest BCUT2D eigenvalue weighted by Crippen LogP contribution is 2.49. The van der Waals surface area contributed by atoms with Crippen LogP contribution in [0.2, 0.25) is 19.5 Å². The summed E-state index contributed by atoms with van der Waals surface area (Å²) in [6.07, 6.45) is 8.92.